The fourth-order valence-electron chi connectivity index (χ4n) is 0.212. The van der Waals surface area contributed by atoms with Crippen molar-refractivity contribution in [3.63, 3.8) is 0 Å². The normalized spacial score (nSPS) is 14.3. The molecule has 9 heavy (non-hydrogen) atoms. The van der Waals surface area contributed by atoms with Crippen molar-refractivity contribution in [3.8, 4) is 0 Å². The predicted octanol–water partition coefficient (Wildman–Crippen LogP) is 1.47. The van der Waals surface area contributed by atoms with Crippen LogP contribution in [0.15, 0.2) is 0 Å². The molecular weight excluding hydrogens is 130 g/mol. The highest BCUT2D eigenvalue weighted by molar-refractivity contribution is 7.58. The molecule has 0 aliphatic heterocycles. The largest absolute Gasteiger partial charge is 0.392 e. The lowest BCUT2D eigenvalue weighted by Gasteiger charge is -2.25. The zero-order valence-corrected chi connectivity index (χ0v) is 7.57. The van der Waals surface area contributed by atoms with E-state index in [1.54, 1.807) is 0 Å². The van der Waals surface area contributed by atoms with Crippen LogP contribution in [0.4, 0.5) is 0 Å². The Morgan fingerprint density at radius 1 is 1.33 bits per heavy atom. The van der Waals surface area contributed by atoms with Gasteiger partial charge in [-0.2, -0.15) is 0 Å². The molecule has 0 unspecified atom stereocenters. The molecule has 0 rings (SSSR count). The first kappa shape index (κ1) is 12.2. The maximum atomic E-state index is 8.70. The standard InChI is InChI=1S/C6H15OP.B/c1-6(2,3)8(4)5-7;/h7H,5H2,1-4H3;/t8-;/m0./s1. The van der Waals surface area contributed by atoms with E-state index >= 15 is 0 Å². The van der Waals surface area contributed by atoms with E-state index in [1.807, 2.05) is 0 Å². The molecule has 0 amide bonds. The zero-order valence-electron chi connectivity index (χ0n) is 6.68. The van der Waals surface area contributed by atoms with E-state index in [0.29, 0.717) is 11.5 Å². The SMILES string of the molecule is C[P@@](CO)C(C)(C)C.[B]. The molecule has 3 heteroatoms. The van der Waals surface area contributed by atoms with Gasteiger partial charge in [0.15, 0.2) is 0 Å². The van der Waals surface area contributed by atoms with Gasteiger partial charge in [0.25, 0.3) is 0 Å². The molecule has 0 aromatic rings. The highest BCUT2D eigenvalue weighted by Crippen LogP contribution is 2.44. The van der Waals surface area contributed by atoms with Gasteiger partial charge in [-0.3, -0.25) is 0 Å². The molecule has 0 fully saturated rings. The molecule has 0 aliphatic rings. The van der Waals surface area contributed by atoms with Crippen molar-refractivity contribution in [1.82, 2.24) is 0 Å². The number of aliphatic hydroxyl groups is 1. The Morgan fingerprint density at radius 3 is 1.67 bits per heavy atom. The van der Waals surface area contributed by atoms with Gasteiger partial charge in [-0.25, -0.2) is 0 Å². The summed E-state index contributed by atoms with van der Waals surface area (Å²) in [5.74, 6) is 0. The topological polar surface area (TPSA) is 20.2 Å². The van der Waals surface area contributed by atoms with Crippen molar-refractivity contribution >= 4 is 16.3 Å². The van der Waals surface area contributed by atoms with Crippen molar-refractivity contribution in [2.24, 2.45) is 0 Å². The van der Waals surface area contributed by atoms with Gasteiger partial charge in [-0.1, -0.05) is 28.7 Å². The van der Waals surface area contributed by atoms with E-state index in [4.69, 9.17) is 5.11 Å². The van der Waals surface area contributed by atoms with Crippen LogP contribution >= 0.6 is 7.92 Å². The van der Waals surface area contributed by atoms with Crippen LogP contribution in [-0.2, 0) is 0 Å². The minimum Gasteiger partial charge on any atom is -0.392 e. The van der Waals surface area contributed by atoms with E-state index in [-0.39, 0.29) is 16.3 Å². The van der Waals surface area contributed by atoms with Gasteiger partial charge in [0.1, 0.15) is 0 Å². The lowest BCUT2D eigenvalue weighted by molar-refractivity contribution is 0.367. The van der Waals surface area contributed by atoms with Crippen LogP contribution in [-0.4, -0.2) is 31.7 Å². The first-order valence-corrected chi connectivity index (χ1v) is 4.78. The van der Waals surface area contributed by atoms with Crippen LogP contribution in [0.1, 0.15) is 20.8 Å². The molecule has 0 aromatic carbocycles. The van der Waals surface area contributed by atoms with Crippen LogP contribution in [0.3, 0.4) is 0 Å². The summed E-state index contributed by atoms with van der Waals surface area (Å²) in [7, 11) is -0.164. The summed E-state index contributed by atoms with van der Waals surface area (Å²) in [4.78, 5) is 0. The summed E-state index contributed by atoms with van der Waals surface area (Å²) in [6.45, 7) is 8.61. The second-order valence-electron chi connectivity index (χ2n) is 3.01. The molecule has 53 valence electrons. The van der Waals surface area contributed by atoms with Crippen LogP contribution in [0.2, 0.25) is 0 Å². The maximum absolute atomic E-state index is 8.70. The van der Waals surface area contributed by atoms with Gasteiger partial charge in [0.2, 0.25) is 0 Å². The summed E-state index contributed by atoms with van der Waals surface area (Å²) < 4.78 is 0. The van der Waals surface area contributed by atoms with Crippen molar-refractivity contribution in [1.29, 1.82) is 0 Å². The van der Waals surface area contributed by atoms with Gasteiger partial charge in [-0.15, -0.1) is 0 Å². The lowest BCUT2D eigenvalue weighted by atomic mass is 10.3. The zero-order chi connectivity index (χ0) is 6.78. The van der Waals surface area contributed by atoms with Crippen molar-refractivity contribution in [2.45, 2.75) is 25.9 Å². The highest BCUT2D eigenvalue weighted by Gasteiger charge is 2.17. The summed E-state index contributed by atoms with van der Waals surface area (Å²) in [6.07, 6.45) is 0.360. The number of aliphatic hydroxyl groups excluding tert-OH is 1. The third kappa shape index (κ3) is 4.93. The molecule has 0 bridgehead atoms. The van der Waals surface area contributed by atoms with Gasteiger partial charge < -0.3 is 5.11 Å². The Balaban J connectivity index is 0. The van der Waals surface area contributed by atoms with E-state index in [0.717, 1.165) is 0 Å². The second-order valence-corrected chi connectivity index (χ2v) is 6.03. The van der Waals surface area contributed by atoms with Crippen LogP contribution < -0.4 is 0 Å². The Labute approximate surface area is 61.2 Å². The quantitative estimate of drug-likeness (QED) is 0.437. The summed E-state index contributed by atoms with van der Waals surface area (Å²) in [5.41, 5.74) is 0. The predicted molar refractivity (Wildman–Crippen MR) is 45.4 cm³/mol. The van der Waals surface area contributed by atoms with Gasteiger partial charge in [-0.05, 0) is 11.8 Å². The summed E-state index contributed by atoms with van der Waals surface area (Å²) >= 11 is 0. The summed E-state index contributed by atoms with van der Waals surface area (Å²) in [5, 5.41) is 9.02. The number of rotatable bonds is 1. The monoisotopic (exact) mass is 145 g/mol. The molecule has 1 N–H and O–H groups in total. The van der Waals surface area contributed by atoms with Gasteiger partial charge in [0.05, 0.1) is 6.35 Å². The smallest absolute Gasteiger partial charge is 0.0626 e. The van der Waals surface area contributed by atoms with Gasteiger partial charge in [0, 0.05) is 8.41 Å². The molecule has 1 atom stereocenters. The minimum absolute atomic E-state index is 0. The average molecular weight is 145 g/mol. The highest BCUT2D eigenvalue weighted by atomic mass is 31.1. The molecule has 0 aromatic heterocycles. The molecule has 3 radical (unpaired) electrons. The maximum Gasteiger partial charge on any atom is 0.0626 e. The fourth-order valence-corrected chi connectivity index (χ4v) is 0.636. The average Bonchev–Trinajstić information content (AvgIpc) is 1.62. The first-order chi connectivity index (χ1) is 3.48. The second kappa shape index (κ2) is 4.30. The van der Waals surface area contributed by atoms with Crippen molar-refractivity contribution < 1.29 is 5.11 Å². The third-order valence-corrected chi connectivity index (χ3v) is 4.07. The first-order valence-electron chi connectivity index (χ1n) is 2.80. The Bertz CT molecular complexity index is 69.9. The Morgan fingerprint density at radius 2 is 1.67 bits per heavy atom. The van der Waals surface area contributed by atoms with Crippen LogP contribution in [0, 0.1) is 0 Å². The third-order valence-electron chi connectivity index (χ3n) is 1.36. The molecule has 0 heterocycles. The summed E-state index contributed by atoms with van der Waals surface area (Å²) in [6, 6.07) is 0. The number of hydrogen-bond acceptors (Lipinski definition) is 1. The molecule has 0 saturated heterocycles. The Kier molecular flexibility index (Phi) is 5.81. The molecule has 1 nitrogen and oxygen atoms in total. The molecule has 0 spiro atoms. The van der Waals surface area contributed by atoms with E-state index in [1.165, 1.54) is 0 Å². The van der Waals surface area contributed by atoms with Crippen LogP contribution in [0.5, 0.6) is 0 Å². The van der Waals surface area contributed by atoms with Gasteiger partial charge >= 0.3 is 0 Å². The minimum atomic E-state index is -0.164. The molecule has 0 aliphatic carbocycles. The number of hydrogen-bond donors (Lipinski definition) is 1. The molecular formula is C6H15BOP. The lowest BCUT2D eigenvalue weighted by Crippen LogP contribution is -2.11. The fraction of sp³-hybridized carbons (Fsp3) is 1.00. The van der Waals surface area contributed by atoms with Crippen molar-refractivity contribution in [3.05, 3.63) is 0 Å². The van der Waals surface area contributed by atoms with Crippen molar-refractivity contribution in [2.75, 3.05) is 13.0 Å². The van der Waals surface area contributed by atoms with E-state index in [2.05, 4.69) is 27.4 Å². The van der Waals surface area contributed by atoms with Crippen LogP contribution in [0.25, 0.3) is 0 Å². The Hall–Kier alpha value is 0.455. The molecule has 0 saturated carbocycles. The van der Waals surface area contributed by atoms with E-state index in [9.17, 15) is 0 Å². The van der Waals surface area contributed by atoms with E-state index < -0.39 is 0 Å².